The van der Waals surface area contributed by atoms with Crippen molar-refractivity contribution in [1.82, 2.24) is 4.98 Å². The summed E-state index contributed by atoms with van der Waals surface area (Å²) in [5.74, 6) is -1.11. The topological polar surface area (TPSA) is 53.8 Å². The number of pyridine rings is 1. The van der Waals surface area contributed by atoms with Gasteiger partial charge in [0.25, 0.3) is 0 Å². The number of carbonyl (C=O) groups excluding carboxylic acids is 1. The number of aromatic nitrogens is 1. The third kappa shape index (κ3) is 2.29. The van der Waals surface area contributed by atoms with Crippen molar-refractivity contribution in [1.29, 1.82) is 5.26 Å². The van der Waals surface area contributed by atoms with Gasteiger partial charge in [0, 0.05) is 17.3 Å². The number of hydrogen-bond acceptors (Lipinski definition) is 3. The van der Waals surface area contributed by atoms with Crippen LogP contribution in [0, 0.1) is 17.1 Å². The van der Waals surface area contributed by atoms with E-state index in [9.17, 15) is 9.18 Å². The van der Waals surface area contributed by atoms with E-state index in [0.29, 0.717) is 10.2 Å². The summed E-state index contributed by atoms with van der Waals surface area (Å²) in [6, 6.07) is 8.72. The van der Waals surface area contributed by atoms with Gasteiger partial charge in [0.2, 0.25) is 0 Å². The lowest BCUT2D eigenvalue weighted by molar-refractivity contribution is 0.103. The second-order valence-electron chi connectivity index (χ2n) is 3.47. The van der Waals surface area contributed by atoms with E-state index in [-0.39, 0.29) is 11.1 Å². The molecule has 18 heavy (non-hydrogen) atoms. The molecule has 1 aromatic heterocycles. The molecule has 0 unspecified atom stereocenters. The SMILES string of the molecule is N#Cc1c(F)cccc1C(=O)c1ccnc(Br)c1. The first-order valence-electron chi connectivity index (χ1n) is 4.98. The number of nitriles is 1. The Labute approximate surface area is 111 Å². The average molecular weight is 305 g/mol. The van der Waals surface area contributed by atoms with Gasteiger partial charge in [-0.25, -0.2) is 9.37 Å². The molecule has 88 valence electrons. The van der Waals surface area contributed by atoms with Crippen molar-refractivity contribution < 1.29 is 9.18 Å². The van der Waals surface area contributed by atoms with Crippen LogP contribution in [0.5, 0.6) is 0 Å². The van der Waals surface area contributed by atoms with Crippen molar-refractivity contribution >= 4 is 21.7 Å². The van der Waals surface area contributed by atoms with Gasteiger partial charge in [-0.15, -0.1) is 0 Å². The molecule has 0 atom stereocenters. The predicted molar refractivity (Wildman–Crippen MR) is 66.5 cm³/mol. The fraction of sp³-hybridized carbons (Fsp3) is 0. The van der Waals surface area contributed by atoms with Gasteiger partial charge < -0.3 is 0 Å². The number of rotatable bonds is 2. The van der Waals surface area contributed by atoms with Crippen LogP contribution in [0.15, 0.2) is 41.1 Å². The highest BCUT2D eigenvalue weighted by molar-refractivity contribution is 9.10. The first-order chi connectivity index (χ1) is 8.63. The molecule has 0 fully saturated rings. The quantitative estimate of drug-likeness (QED) is 0.633. The Kier molecular flexibility index (Phi) is 3.49. The second-order valence-corrected chi connectivity index (χ2v) is 4.28. The predicted octanol–water partition coefficient (Wildman–Crippen LogP) is 3.09. The third-order valence-electron chi connectivity index (χ3n) is 2.36. The van der Waals surface area contributed by atoms with Gasteiger partial charge >= 0.3 is 0 Å². The standard InChI is InChI=1S/C13H6BrFN2O/c14-12-6-8(4-5-17-12)13(18)9-2-1-3-11(15)10(9)7-16/h1-6H. The lowest BCUT2D eigenvalue weighted by Gasteiger charge is -2.04. The molecule has 0 amide bonds. The highest BCUT2D eigenvalue weighted by atomic mass is 79.9. The van der Waals surface area contributed by atoms with Crippen LogP contribution in [-0.2, 0) is 0 Å². The highest BCUT2D eigenvalue weighted by Crippen LogP contribution is 2.18. The minimum atomic E-state index is -0.698. The number of ketones is 1. The number of benzene rings is 1. The molecule has 3 nitrogen and oxygen atoms in total. The zero-order chi connectivity index (χ0) is 13.1. The van der Waals surface area contributed by atoms with Gasteiger partial charge in [-0.05, 0) is 40.2 Å². The Hall–Kier alpha value is -2.06. The minimum absolute atomic E-state index is 0.0515. The first kappa shape index (κ1) is 12.4. The lowest BCUT2D eigenvalue weighted by Crippen LogP contribution is -2.05. The molecule has 1 heterocycles. The summed E-state index contributed by atoms with van der Waals surface area (Å²) in [5.41, 5.74) is 0.157. The molecule has 2 aromatic rings. The van der Waals surface area contributed by atoms with Crippen LogP contribution >= 0.6 is 15.9 Å². The van der Waals surface area contributed by atoms with E-state index in [1.54, 1.807) is 6.07 Å². The molecule has 2 rings (SSSR count). The van der Waals surface area contributed by atoms with E-state index in [4.69, 9.17) is 5.26 Å². The Morgan fingerprint density at radius 3 is 2.83 bits per heavy atom. The summed E-state index contributed by atoms with van der Waals surface area (Å²) in [6.45, 7) is 0. The minimum Gasteiger partial charge on any atom is -0.289 e. The highest BCUT2D eigenvalue weighted by Gasteiger charge is 2.16. The van der Waals surface area contributed by atoms with Crippen molar-refractivity contribution in [2.45, 2.75) is 0 Å². The molecule has 0 aliphatic heterocycles. The summed E-state index contributed by atoms with van der Waals surface area (Å²) in [6.07, 6.45) is 1.46. The van der Waals surface area contributed by atoms with Crippen LogP contribution in [-0.4, -0.2) is 10.8 Å². The summed E-state index contributed by atoms with van der Waals surface area (Å²) >= 11 is 3.15. The van der Waals surface area contributed by atoms with E-state index in [1.807, 2.05) is 0 Å². The van der Waals surface area contributed by atoms with Crippen molar-refractivity contribution in [3.05, 3.63) is 63.6 Å². The van der Waals surface area contributed by atoms with Crippen molar-refractivity contribution in [3.63, 3.8) is 0 Å². The van der Waals surface area contributed by atoms with E-state index >= 15 is 0 Å². The molecule has 0 N–H and O–H groups in total. The molecule has 5 heteroatoms. The number of nitrogens with zero attached hydrogens (tertiary/aromatic N) is 2. The molecule has 0 aliphatic rings. The number of hydrogen-bond donors (Lipinski definition) is 0. The van der Waals surface area contributed by atoms with Gasteiger partial charge in [0.1, 0.15) is 16.5 Å². The Morgan fingerprint density at radius 1 is 1.39 bits per heavy atom. The maximum Gasteiger partial charge on any atom is 0.194 e. The van der Waals surface area contributed by atoms with E-state index < -0.39 is 11.6 Å². The van der Waals surface area contributed by atoms with Gasteiger partial charge in [0.05, 0.1) is 5.56 Å². The molecule has 0 radical (unpaired) electrons. The molecular formula is C13H6BrFN2O. The lowest BCUT2D eigenvalue weighted by atomic mass is 9.99. The monoisotopic (exact) mass is 304 g/mol. The van der Waals surface area contributed by atoms with Crippen LogP contribution < -0.4 is 0 Å². The van der Waals surface area contributed by atoms with E-state index in [2.05, 4.69) is 20.9 Å². The number of carbonyl (C=O) groups is 1. The van der Waals surface area contributed by atoms with Crippen LogP contribution in [0.25, 0.3) is 0 Å². The maximum absolute atomic E-state index is 13.4. The molecule has 0 saturated heterocycles. The first-order valence-corrected chi connectivity index (χ1v) is 5.77. The second kappa shape index (κ2) is 5.07. The molecule has 0 bridgehead atoms. The van der Waals surface area contributed by atoms with Crippen molar-refractivity contribution in [2.24, 2.45) is 0 Å². The van der Waals surface area contributed by atoms with Gasteiger partial charge in [-0.1, -0.05) is 6.07 Å². The summed E-state index contributed by atoms with van der Waals surface area (Å²) in [7, 11) is 0. The molecule has 0 aliphatic carbocycles. The zero-order valence-electron chi connectivity index (χ0n) is 9.02. The van der Waals surface area contributed by atoms with Crippen LogP contribution in [0.2, 0.25) is 0 Å². The number of halogens is 2. The van der Waals surface area contributed by atoms with Crippen LogP contribution in [0.4, 0.5) is 4.39 Å². The van der Waals surface area contributed by atoms with Crippen LogP contribution in [0.1, 0.15) is 21.5 Å². The van der Waals surface area contributed by atoms with Crippen molar-refractivity contribution in [3.8, 4) is 6.07 Å². The van der Waals surface area contributed by atoms with E-state index in [0.717, 1.165) is 6.07 Å². The summed E-state index contributed by atoms with van der Waals surface area (Å²) < 4.78 is 13.9. The van der Waals surface area contributed by atoms with E-state index in [1.165, 1.54) is 30.5 Å². The average Bonchev–Trinajstić information content (AvgIpc) is 2.37. The normalized spacial score (nSPS) is 9.83. The fourth-order valence-corrected chi connectivity index (χ4v) is 1.89. The maximum atomic E-state index is 13.4. The summed E-state index contributed by atoms with van der Waals surface area (Å²) in [4.78, 5) is 16.1. The third-order valence-corrected chi connectivity index (χ3v) is 2.79. The zero-order valence-corrected chi connectivity index (χ0v) is 10.6. The molecule has 0 spiro atoms. The largest absolute Gasteiger partial charge is 0.289 e. The molecule has 0 saturated carbocycles. The smallest absolute Gasteiger partial charge is 0.194 e. The summed E-state index contributed by atoms with van der Waals surface area (Å²) in [5, 5.41) is 8.89. The molecule has 1 aromatic carbocycles. The fourth-order valence-electron chi connectivity index (χ4n) is 1.53. The molecular weight excluding hydrogens is 299 g/mol. The van der Waals surface area contributed by atoms with Gasteiger partial charge in [0.15, 0.2) is 5.78 Å². The van der Waals surface area contributed by atoms with Gasteiger partial charge in [-0.2, -0.15) is 5.26 Å². The Balaban J connectivity index is 2.54. The van der Waals surface area contributed by atoms with Crippen molar-refractivity contribution in [2.75, 3.05) is 0 Å². The van der Waals surface area contributed by atoms with Crippen LogP contribution in [0.3, 0.4) is 0 Å². The Bertz CT molecular complexity index is 664. The Morgan fingerprint density at radius 2 is 2.17 bits per heavy atom. The van der Waals surface area contributed by atoms with Gasteiger partial charge in [-0.3, -0.25) is 4.79 Å².